The molecule has 0 aliphatic carbocycles. The maximum atomic E-state index is 12.9. The van der Waals surface area contributed by atoms with Crippen LogP contribution in [0.5, 0.6) is 0 Å². The Labute approximate surface area is 131 Å². The topological polar surface area (TPSA) is 80.5 Å². The van der Waals surface area contributed by atoms with E-state index in [2.05, 4.69) is 0 Å². The molecule has 0 spiro atoms. The van der Waals surface area contributed by atoms with Gasteiger partial charge in [-0.2, -0.15) is 0 Å². The third-order valence-corrected chi connectivity index (χ3v) is 5.51. The van der Waals surface area contributed by atoms with E-state index in [1.54, 1.807) is 26.8 Å². The van der Waals surface area contributed by atoms with Crippen LogP contribution in [-0.2, 0) is 4.79 Å². The highest BCUT2D eigenvalue weighted by Crippen LogP contribution is 2.38. The Morgan fingerprint density at radius 3 is 2.50 bits per heavy atom. The van der Waals surface area contributed by atoms with Crippen LogP contribution in [0.1, 0.15) is 41.5 Å². The number of amides is 3. The number of fused-ring (bicyclic) bond motifs is 3. The molecule has 1 unspecified atom stereocenters. The van der Waals surface area contributed by atoms with Crippen molar-refractivity contribution in [1.82, 2.24) is 4.90 Å². The van der Waals surface area contributed by atoms with Gasteiger partial charge < -0.3 is 5.73 Å². The van der Waals surface area contributed by atoms with Gasteiger partial charge in [0, 0.05) is 4.70 Å². The molecule has 0 saturated carbocycles. The van der Waals surface area contributed by atoms with Crippen molar-refractivity contribution in [3.8, 4) is 0 Å². The van der Waals surface area contributed by atoms with Gasteiger partial charge in [-0.15, -0.1) is 11.3 Å². The normalized spacial score (nSPS) is 17.2. The van der Waals surface area contributed by atoms with Crippen molar-refractivity contribution in [2.75, 3.05) is 0 Å². The molecule has 0 radical (unpaired) electrons. The van der Waals surface area contributed by atoms with Crippen LogP contribution in [0.2, 0.25) is 0 Å². The zero-order valence-corrected chi connectivity index (χ0v) is 13.4. The smallest absolute Gasteiger partial charge is 0.263 e. The number of primary amides is 1. The maximum absolute atomic E-state index is 12.9. The summed E-state index contributed by atoms with van der Waals surface area (Å²) < 4.78 is 0.772. The van der Waals surface area contributed by atoms with Crippen LogP contribution in [0.15, 0.2) is 23.6 Å². The molecule has 5 nitrogen and oxygen atoms in total. The van der Waals surface area contributed by atoms with E-state index in [-0.39, 0.29) is 5.92 Å². The van der Waals surface area contributed by atoms with Gasteiger partial charge in [0.15, 0.2) is 0 Å². The van der Waals surface area contributed by atoms with Gasteiger partial charge in [-0.3, -0.25) is 19.3 Å². The molecular formula is C16H16N2O3S. The molecule has 1 aliphatic heterocycles. The molecule has 2 heterocycles. The fourth-order valence-electron chi connectivity index (χ4n) is 2.82. The summed E-state index contributed by atoms with van der Waals surface area (Å²) in [6.07, 6.45) is 0. The number of carbonyl (C=O) groups excluding carboxylic acids is 3. The van der Waals surface area contributed by atoms with Crippen molar-refractivity contribution >= 4 is 39.1 Å². The van der Waals surface area contributed by atoms with Crippen molar-refractivity contribution in [2.24, 2.45) is 11.7 Å². The molecule has 3 amide bonds. The van der Waals surface area contributed by atoms with Crippen LogP contribution in [0.25, 0.3) is 10.1 Å². The van der Waals surface area contributed by atoms with E-state index in [1.807, 2.05) is 17.5 Å². The molecule has 2 aromatic rings. The standard InChI is InChI=1S/C16H16N2O3S/c1-8(2)16(3,15(17)21)18-13(19)10-5-4-9-6-7-22-12(9)11(10)14(18)20/h4-8H,1-3H3,(H2,17,21). The van der Waals surface area contributed by atoms with Crippen molar-refractivity contribution < 1.29 is 14.4 Å². The highest BCUT2D eigenvalue weighted by atomic mass is 32.1. The van der Waals surface area contributed by atoms with E-state index < -0.39 is 23.3 Å². The first-order valence-corrected chi connectivity index (χ1v) is 7.87. The minimum atomic E-state index is -1.35. The highest BCUT2D eigenvalue weighted by molar-refractivity contribution is 7.17. The lowest BCUT2D eigenvalue weighted by atomic mass is 9.85. The summed E-state index contributed by atoms with van der Waals surface area (Å²) in [4.78, 5) is 38.6. The van der Waals surface area contributed by atoms with Gasteiger partial charge in [0.05, 0.1) is 11.1 Å². The minimum Gasteiger partial charge on any atom is -0.368 e. The first kappa shape index (κ1) is 14.7. The first-order chi connectivity index (χ1) is 10.3. The van der Waals surface area contributed by atoms with Crippen LogP contribution in [-0.4, -0.2) is 28.2 Å². The largest absolute Gasteiger partial charge is 0.368 e. The third-order valence-electron chi connectivity index (χ3n) is 4.56. The summed E-state index contributed by atoms with van der Waals surface area (Å²) in [5.41, 5.74) is 4.89. The Morgan fingerprint density at radius 2 is 1.91 bits per heavy atom. The Morgan fingerprint density at radius 1 is 1.23 bits per heavy atom. The number of hydrogen-bond acceptors (Lipinski definition) is 4. The van der Waals surface area contributed by atoms with Crippen LogP contribution in [0.3, 0.4) is 0 Å². The number of thiophene rings is 1. The molecule has 2 N–H and O–H groups in total. The number of benzene rings is 1. The van der Waals surface area contributed by atoms with E-state index >= 15 is 0 Å². The average Bonchev–Trinajstić information content (AvgIpc) is 3.01. The Hall–Kier alpha value is -2.21. The summed E-state index contributed by atoms with van der Waals surface area (Å²) >= 11 is 1.41. The van der Waals surface area contributed by atoms with Crippen LogP contribution in [0, 0.1) is 5.92 Å². The zero-order valence-electron chi connectivity index (χ0n) is 12.5. The molecule has 3 rings (SSSR count). The second-order valence-electron chi connectivity index (χ2n) is 5.94. The van der Waals surface area contributed by atoms with E-state index in [1.165, 1.54) is 11.3 Å². The molecule has 1 aliphatic rings. The molecule has 114 valence electrons. The number of carbonyl (C=O) groups is 3. The SMILES string of the molecule is CC(C)C(C)(C(N)=O)N1C(=O)c2ccc3ccsc3c2C1=O. The number of imide groups is 1. The summed E-state index contributed by atoms with van der Waals surface area (Å²) in [5, 5.41) is 2.79. The Kier molecular flexibility index (Phi) is 3.11. The van der Waals surface area contributed by atoms with Crippen molar-refractivity contribution in [3.63, 3.8) is 0 Å². The van der Waals surface area contributed by atoms with E-state index in [9.17, 15) is 14.4 Å². The lowest BCUT2D eigenvalue weighted by molar-refractivity contribution is -0.129. The molecule has 1 aromatic heterocycles. The second kappa shape index (κ2) is 4.64. The highest BCUT2D eigenvalue weighted by Gasteiger charge is 2.52. The fraction of sp³-hybridized carbons (Fsp3) is 0.312. The quantitative estimate of drug-likeness (QED) is 0.883. The van der Waals surface area contributed by atoms with E-state index in [0.29, 0.717) is 11.1 Å². The lowest BCUT2D eigenvalue weighted by Gasteiger charge is -2.37. The van der Waals surface area contributed by atoms with Crippen LogP contribution >= 0.6 is 11.3 Å². The number of rotatable bonds is 3. The van der Waals surface area contributed by atoms with Crippen molar-refractivity contribution in [3.05, 3.63) is 34.7 Å². The molecular weight excluding hydrogens is 300 g/mol. The minimum absolute atomic E-state index is 0.286. The number of nitrogens with zero attached hydrogens (tertiary/aromatic N) is 1. The van der Waals surface area contributed by atoms with Gasteiger partial charge in [-0.25, -0.2) is 0 Å². The monoisotopic (exact) mass is 316 g/mol. The molecule has 0 bridgehead atoms. The van der Waals surface area contributed by atoms with Crippen molar-refractivity contribution in [2.45, 2.75) is 26.3 Å². The summed E-state index contributed by atoms with van der Waals surface area (Å²) in [7, 11) is 0. The number of hydrogen-bond donors (Lipinski definition) is 1. The van der Waals surface area contributed by atoms with Gasteiger partial charge in [-0.1, -0.05) is 19.9 Å². The molecule has 0 saturated heterocycles. The van der Waals surface area contributed by atoms with Gasteiger partial charge in [0.2, 0.25) is 5.91 Å². The molecule has 22 heavy (non-hydrogen) atoms. The first-order valence-electron chi connectivity index (χ1n) is 6.99. The molecule has 0 fully saturated rings. The average molecular weight is 316 g/mol. The van der Waals surface area contributed by atoms with Crippen molar-refractivity contribution in [1.29, 1.82) is 0 Å². The predicted molar refractivity (Wildman–Crippen MR) is 84.8 cm³/mol. The van der Waals surface area contributed by atoms with Gasteiger partial charge >= 0.3 is 0 Å². The maximum Gasteiger partial charge on any atom is 0.263 e. The molecule has 6 heteroatoms. The predicted octanol–water partition coefficient (Wildman–Crippen LogP) is 2.40. The molecule has 1 aromatic carbocycles. The molecule has 1 atom stereocenters. The van der Waals surface area contributed by atoms with E-state index in [4.69, 9.17) is 5.73 Å². The Balaban J connectivity index is 2.24. The van der Waals surface area contributed by atoms with Gasteiger partial charge in [-0.05, 0) is 35.7 Å². The summed E-state index contributed by atoms with van der Waals surface area (Å²) in [6, 6.07) is 5.36. The zero-order chi connectivity index (χ0) is 16.2. The fourth-order valence-corrected chi connectivity index (χ4v) is 3.76. The summed E-state index contributed by atoms with van der Waals surface area (Å²) in [6.45, 7) is 5.09. The lowest BCUT2D eigenvalue weighted by Crippen LogP contribution is -2.60. The van der Waals surface area contributed by atoms with Crippen LogP contribution < -0.4 is 5.73 Å². The number of nitrogens with two attached hydrogens (primary N) is 1. The summed E-state index contributed by atoms with van der Waals surface area (Å²) in [5.74, 6) is -1.86. The van der Waals surface area contributed by atoms with Gasteiger partial charge in [0.1, 0.15) is 5.54 Å². The third kappa shape index (κ3) is 1.67. The van der Waals surface area contributed by atoms with Crippen LogP contribution in [0.4, 0.5) is 0 Å². The van der Waals surface area contributed by atoms with Gasteiger partial charge in [0.25, 0.3) is 11.8 Å². The van der Waals surface area contributed by atoms with E-state index in [0.717, 1.165) is 15.0 Å². The Bertz CT molecular complexity index is 824. The second-order valence-corrected chi connectivity index (χ2v) is 6.86.